The maximum Gasteiger partial charge on any atom is 0.280 e. The highest BCUT2D eigenvalue weighted by Gasteiger charge is 2.43. The summed E-state index contributed by atoms with van der Waals surface area (Å²) in [7, 11) is 0. The number of aromatic nitrogens is 2. The molecule has 21 heavy (non-hydrogen) atoms. The predicted molar refractivity (Wildman–Crippen MR) is 69.8 cm³/mol. The molecule has 2 saturated heterocycles. The zero-order valence-electron chi connectivity index (χ0n) is 11.1. The first kappa shape index (κ1) is 14.6. The van der Waals surface area contributed by atoms with Crippen molar-refractivity contribution in [3.63, 3.8) is 0 Å². The van der Waals surface area contributed by atoms with E-state index in [9.17, 15) is 8.78 Å². The van der Waals surface area contributed by atoms with Gasteiger partial charge in [-0.3, -0.25) is 0 Å². The van der Waals surface area contributed by atoms with Gasteiger partial charge in [-0.2, -0.15) is 0 Å². The molecule has 1 N–H and O–H groups in total. The predicted octanol–water partition coefficient (Wildman–Crippen LogP) is 2.16. The fraction of sp³-hybridized carbons (Fsp3) is 0.583. The van der Waals surface area contributed by atoms with Crippen LogP contribution in [0.4, 0.5) is 8.78 Å². The maximum absolute atomic E-state index is 12.8. The van der Waals surface area contributed by atoms with Crippen molar-refractivity contribution in [1.29, 1.82) is 0 Å². The van der Waals surface area contributed by atoms with Crippen LogP contribution in [0.5, 0.6) is 0 Å². The number of rotatable bonds is 3. The van der Waals surface area contributed by atoms with Crippen LogP contribution in [0.2, 0.25) is 0 Å². The smallest absolute Gasteiger partial charge is 0.280 e. The van der Waals surface area contributed by atoms with Crippen molar-refractivity contribution in [3.05, 3.63) is 17.5 Å². The highest BCUT2D eigenvalue weighted by molar-refractivity contribution is 7.99. The molecular formula is C12H13F2N3O3S. The Morgan fingerprint density at radius 2 is 2.29 bits per heavy atom. The van der Waals surface area contributed by atoms with Gasteiger partial charge in [0, 0.05) is 17.4 Å². The van der Waals surface area contributed by atoms with E-state index in [1.165, 1.54) is 17.8 Å². The number of hydrogen-bond donors (Lipinski definition) is 1. The van der Waals surface area contributed by atoms with Crippen molar-refractivity contribution in [2.75, 3.05) is 6.61 Å². The van der Waals surface area contributed by atoms with Gasteiger partial charge in [-0.05, 0) is 13.0 Å². The van der Waals surface area contributed by atoms with Crippen molar-refractivity contribution in [2.24, 2.45) is 5.16 Å². The molecule has 0 aliphatic carbocycles. The van der Waals surface area contributed by atoms with E-state index in [-0.39, 0.29) is 22.2 Å². The number of thioether (sulfide) groups is 1. The van der Waals surface area contributed by atoms with E-state index in [0.717, 1.165) is 0 Å². The summed E-state index contributed by atoms with van der Waals surface area (Å²) in [5.41, 5.74) is 0.581. The molecule has 0 saturated carbocycles. The standard InChI is InChI=1S/C12H13F2N3O3S/c1-5-2-6(10(13)14)16-12(15-5)21-9-3-7(17-18)11-19-4-8(9)20-11/h2,8-11,18H,3-4H2,1H3/b17-7-/t8-,9+,11-/m1/s1. The van der Waals surface area contributed by atoms with Gasteiger partial charge in [0.1, 0.15) is 11.4 Å². The first-order chi connectivity index (χ1) is 10.1. The first-order valence-corrected chi connectivity index (χ1v) is 7.23. The number of hydrogen-bond acceptors (Lipinski definition) is 7. The third-order valence-electron chi connectivity index (χ3n) is 3.27. The Morgan fingerprint density at radius 1 is 1.48 bits per heavy atom. The molecular weight excluding hydrogens is 304 g/mol. The lowest BCUT2D eigenvalue weighted by Crippen LogP contribution is -2.37. The Kier molecular flexibility index (Phi) is 4.05. The molecule has 2 aliphatic rings. The number of ether oxygens (including phenoxy) is 2. The molecule has 3 atom stereocenters. The molecule has 1 aromatic rings. The minimum absolute atomic E-state index is 0.137. The van der Waals surface area contributed by atoms with Gasteiger partial charge in [-0.15, -0.1) is 0 Å². The number of fused-ring (bicyclic) bond motifs is 2. The van der Waals surface area contributed by atoms with Gasteiger partial charge in [-0.1, -0.05) is 16.9 Å². The van der Waals surface area contributed by atoms with E-state index in [1.807, 2.05) is 0 Å². The normalized spacial score (nSPS) is 30.3. The molecule has 2 bridgehead atoms. The number of aryl methyl sites for hydroxylation is 1. The third-order valence-corrected chi connectivity index (χ3v) is 4.44. The van der Waals surface area contributed by atoms with Crippen LogP contribution in [0.1, 0.15) is 24.2 Å². The molecule has 3 rings (SSSR count). The zero-order valence-corrected chi connectivity index (χ0v) is 11.9. The summed E-state index contributed by atoms with van der Waals surface area (Å²) in [4.78, 5) is 8.03. The lowest BCUT2D eigenvalue weighted by molar-refractivity contribution is -0.0169. The summed E-state index contributed by atoms with van der Waals surface area (Å²) in [5, 5.41) is 12.2. The molecule has 2 aliphatic heterocycles. The topological polar surface area (TPSA) is 76.8 Å². The van der Waals surface area contributed by atoms with Gasteiger partial charge >= 0.3 is 0 Å². The fourth-order valence-electron chi connectivity index (χ4n) is 2.29. The summed E-state index contributed by atoms with van der Waals surface area (Å²) in [6, 6.07) is 1.27. The van der Waals surface area contributed by atoms with E-state index in [0.29, 0.717) is 24.4 Å². The van der Waals surface area contributed by atoms with Crippen LogP contribution in [-0.4, -0.2) is 45.1 Å². The van der Waals surface area contributed by atoms with E-state index in [1.54, 1.807) is 6.92 Å². The Morgan fingerprint density at radius 3 is 3.00 bits per heavy atom. The van der Waals surface area contributed by atoms with Gasteiger partial charge in [0.15, 0.2) is 5.16 Å². The molecule has 6 nitrogen and oxygen atoms in total. The summed E-state index contributed by atoms with van der Waals surface area (Å²) >= 11 is 1.24. The second kappa shape index (κ2) is 5.82. The van der Waals surface area contributed by atoms with Crippen molar-refractivity contribution < 1.29 is 23.5 Å². The van der Waals surface area contributed by atoms with Gasteiger partial charge in [0.25, 0.3) is 6.43 Å². The molecule has 0 aromatic carbocycles. The SMILES string of the molecule is Cc1cc(C(F)F)nc(S[C@H]2C/C(=N/O)[C@@H]3OC[C@H]2O3)n1. The molecule has 0 radical (unpaired) electrons. The van der Waals surface area contributed by atoms with Crippen LogP contribution < -0.4 is 0 Å². The molecule has 0 amide bonds. The highest BCUT2D eigenvalue weighted by Crippen LogP contribution is 2.36. The quantitative estimate of drug-likeness (QED) is 0.523. The van der Waals surface area contributed by atoms with Crippen molar-refractivity contribution in [2.45, 2.75) is 42.6 Å². The van der Waals surface area contributed by atoms with E-state index < -0.39 is 12.7 Å². The van der Waals surface area contributed by atoms with Gasteiger partial charge in [-0.25, -0.2) is 18.7 Å². The summed E-state index contributed by atoms with van der Waals surface area (Å²) in [6.07, 6.45) is -2.99. The van der Waals surface area contributed by atoms with Gasteiger partial charge in [0.2, 0.25) is 6.29 Å². The van der Waals surface area contributed by atoms with Crippen LogP contribution in [0, 0.1) is 6.92 Å². The summed E-state index contributed by atoms with van der Waals surface area (Å²) < 4.78 is 36.5. The molecule has 2 fully saturated rings. The minimum Gasteiger partial charge on any atom is -0.411 e. The fourth-order valence-corrected chi connectivity index (χ4v) is 3.47. The molecule has 0 spiro atoms. The molecule has 9 heteroatoms. The van der Waals surface area contributed by atoms with E-state index in [4.69, 9.17) is 14.7 Å². The number of halogens is 2. The molecule has 1 aromatic heterocycles. The monoisotopic (exact) mass is 317 g/mol. The minimum atomic E-state index is -2.64. The lowest BCUT2D eigenvalue weighted by atomic mass is 10.1. The van der Waals surface area contributed by atoms with Gasteiger partial charge in [0.05, 0.1) is 12.7 Å². The summed E-state index contributed by atoms with van der Waals surface area (Å²) in [6.45, 7) is 2.01. The Balaban J connectivity index is 1.80. The van der Waals surface area contributed by atoms with Crippen LogP contribution in [0.3, 0.4) is 0 Å². The average molecular weight is 317 g/mol. The van der Waals surface area contributed by atoms with Crippen LogP contribution >= 0.6 is 11.8 Å². The molecule has 114 valence electrons. The largest absolute Gasteiger partial charge is 0.411 e. The first-order valence-electron chi connectivity index (χ1n) is 6.35. The lowest BCUT2D eigenvalue weighted by Gasteiger charge is -2.26. The van der Waals surface area contributed by atoms with Crippen LogP contribution in [0.25, 0.3) is 0 Å². The van der Waals surface area contributed by atoms with E-state index >= 15 is 0 Å². The molecule has 0 unspecified atom stereocenters. The number of oxime groups is 1. The van der Waals surface area contributed by atoms with E-state index in [2.05, 4.69) is 15.1 Å². The second-order valence-corrected chi connectivity index (χ2v) is 6.02. The zero-order chi connectivity index (χ0) is 15.0. The number of alkyl halides is 2. The highest BCUT2D eigenvalue weighted by atomic mass is 32.2. The maximum atomic E-state index is 12.8. The molecule has 3 heterocycles. The average Bonchev–Trinajstić information content (AvgIpc) is 2.86. The van der Waals surface area contributed by atoms with Crippen molar-refractivity contribution >= 4 is 17.5 Å². The van der Waals surface area contributed by atoms with Gasteiger partial charge < -0.3 is 14.7 Å². The Bertz CT molecular complexity index is 573. The summed E-state index contributed by atoms with van der Waals surface area (Å²) in [5.74, 6) is 0. The van der Waals surface area contributed by atoms with Crippen LogP contribution in [0.15, 0.2) is 16.4 Å². The van der Waals surface area contributed by atoms with Crippen molar-refractivity contribution in [1.82, 2.24) is 9.97 Å². The van der Waals surface area contributed by atoms with Crippen LogP contribution in [-0.2, 0) is 9.47 Å². The Hall–Kier alpha value is -1.32. The number of nitrogens with zero attached hydrogens (tertiary/aromatic N) is 3. The Labute approximate surface area is 123 Å². The third kappa shape index (κ3) is 2.99. The van der Waals surface area contributed by atoms with Crippen molar-refractivity contribution in [3.8, 4) is 0 Å². The second-order valence-electron chi connectivity index (χ2n) is 4.81.